The van der Waals surface area contributed by atoms with Crippen LogP contribution >= 0.6 is 11.8 Å². The van der Waals surface area contributed by atoms with Crippen LogP contribution in [-0.2, 0) is 0 Å². The maximum atomic E-state index is 4.57. The second kappa shape index (κ2) is 5.95. The lowest BCUT2D eigenvalue weighted by Gasteiger charge is -2.11. The van der Waals surface area contributed by atoms with Gasteiger partial charge in [0.15, 0.2) is 5.17 Å². The first-order valence-corrected chi connectivity index (χ1v) is 7.57. The van der Waals surface area contributed by atoms with E-state index in [1.54, 1.807) is 0 Å². The summed E-state index contributed by atoms with van der Waals surface area (Å²) in [5.74, 6) is 1.86. The Hall–Kier alpha value is -0.180. The van der Waals surface area contributed by atoms with Gasteiger partial charge in [0, 0.05) is 11.8 Å². The maximum absolute atomic E-state index is 4.57. The van der Waals surface area contributed by atoms with E-state index in [1.165, 1.54) is 37.3 Å². The van der Waals surface area contributed by atoms with Crippen molar-refractivity contribution in [2.24, 2.45) is 16.8 Å². The fraction of sp³-hybridized carbons (Fsp3) is 0.923. The summed E-state index contributed by atoms with van der Waals surface area (Å²) < 4.78 is 0. The molecule has 0 aromatic rings. The van der Waals surface area contributed by atoms with Crippen molar-refractivity contribution in [1.82, 2.24) is 5.32 Å². The number of nitrogens with zero attached hydrogens (tertiary/aromatic N) is 1. The van der Waals surface area contributed by atoms with Crippen LogP contribution in [0.2, 0.25) is 0 Å². The van der Waals surface area contributed by atoms with E-state index in [9.17, 15) is 0 Å². The number of hydrogen-bond acceptors (Lipinski definition) is 3. The first-order chi connectivity index (χ1) is 7.74. The number of aliphatic imine (C=N–C) groups is 1. The Balaban J connectivity index is 1.53. The zero-order chi connectivity index (χ0) is 11.4. The van der Waals surface area contributed by atoms with Crippen LogP contribution in [0.3, 0.4) is 0 Å². The van der Waals surface area contributed by atoms with Crippen molar-refractivity contribution in [2.75, 3.05) is 13.1 Å². The van der Waals surface area contributed by atoms with E-state index in [-0.39, 0.29) is 0 Å². The molecule has 0 aromatic carbocycles. The average molecular weight is 240 g/mol. The molecule has 0 saturated heterocycles. The summed E-state index contributed by atoms with van der Waals surface area (Å²) in [6.45, 7) is 6.73. The SMILES string of the molecule is CC(C)CC1CN=C(NCCCC2CC2)S1. The van der Waals surface area contributed by atoms with E-state index in [4.69, 9.17) is 0 Å². The third-order valence-electron chi connectivity index (χ3n) is 3.21. The lowest BCUT2D eigenvalue weighted by Crippen LogP contribution is -2.21. The third kappa shape index (κ3) is 4.36. The van der Waals surface area contributed by atoms with Crippen LogP contribution in [0.15, 0.2) is 4.99 Å². The molecule has 16 heavy (non-hydrogen) atoms. The Bertz CT molecular complexity index is 246. The smallest absolute Gasteiger partial charge is 0.156 e. The number of amidine groups is 1. The minimum Gasteiger partial charge on any atom is -0.365 e. The number of hydrogen-bond donors (Lipinski definition) is 1. The second-order valence-corrected chi connectivity index (χ2v) is 6.82. The Morgan fingerprint density at radius 1 is 1.44 bits per heavy atom. The highest BCUT2D eigenvalue weighted by molar-refractivity contribution is 8.14. The molecular formula is C13H24N2S. The van der Waals surface area contributed by atoms with Gasteiger partial charge in [0.25, 0.3) is 0 Å². The summed E-state index contributed by atoms with van der Waals surface area (Å²) in [5, 5.41) is 5.40. The summed E-state index contributed by atoms with van der Waals surface area (Å²) in [5.41, 5.74) is 0. The first kappa shape index (κ1) is 12.3. The molecule has 1 aliphatic heterocycles. The number of rotatable bonds is 6. The van der Waals surface area contributed by atoms with Crippen molar-refractivity contribution in [3.8, 4) is 0 Å². The van der Waals surface area contributed by atoms with Gasteiger partial charge < -0.3 is 5.32 Å². The first-order valence-electron chi connectivity index (χ1n) is 6.69. The largest absolute Gasteiger partial charge is 0.365 e. The molecule has 0 aromatic heterocycles. The van der Waals surface area contributed by atoms with Crippen LogP contribution in [0.25, 0.3) is 0 Å². The highest BCUT2D eigenvalue weighted by Gasteiger charge is 2.21. The molecule has 1 fully saturated rings. The molecule has 92 valence electrons. The van der Waals surface area contributed by atoms with Gasteiger partial charge in [-0.1, -0.05) is 38.5 Å². The van der Waals surface area contributed by atoms with E-state index in [0.29, 0.717) is 0 Å². The van der Waals surface area contributed by atoms with Crippen molar-refractivity contribution in [2.45, 2.75) is 51.2 Å². The zero-order valence-corrected chi connectivity index (χ0v) is 11.4. The van der Waals surface area contributed by atoms with Crippen LogP contribution in [0.4, 0.5) is 0 Å². The standard InChI is InChI=1S/C13H24N2S/c1-10(2)8-12-9-15-13(16-12)14-7-3-4-11-5-6-11/h10-12H,3-9H2,1-2H3,(H,14,15). The molecule has 0 spiro atoms. The molecule has 0 amide bonds. The van der Waals surface area contributed by atoms with Crippen molar-refractivity contribution in [3.05, 3.63) is 0 Å². The summed E-state index contributed by atoms with van der Waals surface area (Å²) >= 11 is 1.95. The predicted octanol–water partition coefficient (Wildman–Crippen LogP) is 3.28. The van der Waals surface area contributed by atoms with Gasteiger partial charge in [0.1, 0.15) is 0 Å². The summed E-state index contributed by atoms with van der Waals surface area (Å²) in [4.78, 5) is 4.57. The van der Waals surface area contributed by atoms with Crippen molar-refractivity contribution < 1.29 is 0 Å². The zero-order valence-electron chi connectivity index (χ0n) is 10.5. The van der Waals surface area contributed by atoms with E-state index < -0.39 is 0 Å². The van der Waals surface area contributed by atoms with E-state index >= 15 is 0 Å². The Morgan fingerprint density at radius 2 is 2.25 bits per heavy atom. The third-order valence-corrected chi connectivity index (χ3v) is 4.38. The van der Waals surface area contributed by atoms with Gasteiger partial charge in [-0.25, -0.2) is 0 Å². The number of nitrogens with one attached hydrogen (secondary N) is 1. The summed E-state index contributed by atoms with van der Waals surface area (Å²) in [6, 6.07) is 0. The van der Waals surface area contributed by atoms with Crippen LogP contribution in [-0.4, -0.2) is 23.5 Å². The molecule has 1 atom stereocenters. The normalized spacial score (nSPS) is 24.9. The Labute approximate surface area is 104 Å². The Kier molecular flexibility index (Phi) is 4.56. The van der Waals surface area contributed by atoms with E-state index in [1.807, 2.05) is 11.8 Å². The highest BCUT2D eigenvalue weighted by Crippen LogP contribution is 2.33. The summed E-state index contributed by atoms with van der Waals surface area (Å²) in [6.07, 6.45) is 6.99. The lowest BCUT2D eigenvalue weighted by atomic mass is 10.1. The molecule has 3 heteroatoms. The van der Waals surface area contributed by atoms with Crippen LogP contribution in [0.5, 0.6) is 0 Å². The molecule has 1 saturated carbocycles. The van der Waals surface area contributed by atoms with Gasteiger partial charge in [0.2, 0.25) is 0 Å². The van der Waals surface area contributed by atoms with Gasteiger partial charge in [0.05, 0.1) is 6.54 Å². The molecule has 1 unspecified atom stereocenters. The fourth-order valence-electron chi connectivity index (χ4n) is 2.16. The lowest BCUT2D eigenvalue weighted by molar-refractivity contribution is 0.575. The van der Waals surface area contributed by atoms with Crippen molar-refractivity contribution in [3.63, 3.8) is 0 Å². The quantitative estimate of drug-likeness (QED) is 0.721. The van der Waals surface area contributed by atoms with Gasteiger partial charge in [-0.05, 0) is 31.1 Å². The van der Waals surface area contributed by atoms with E-state index in [2.05, 4.69) is 24.2 Å². The number of thioether (sulfide) groups is 1. The van der Waals surface area contributed by atoms with Gasteiger partial charge in [-0.3, -0.25) is 4.99 Å². The molecular weight excluding hydrogens is 216 g/mol. The highest BCUT2D eigenvalue weighted by atomic mass is 32.2. The molecule has 2 aliphatic rings. The molecule has 2 nitrogen and oxygen atoms in total. The Morgan fingerprint density at radius 3 is 2.94 bits per heavy atom. The molecule has 0 radical (unpaired) electrons. The molecule has 1 heterocycles. The van der Waals surface area contributed by atoms with Crippen LogP contribution < -0.4 is 5.32 Å². The fourth-order valence-corrected chi connectivity index (χ4v) is 3.44. The van der Waals surface area contributed by atoms with Crippen LogP contribution in [0.1, 0.15) is 46.0 Å². The minimum atomic E-state index is 0.728. The average Bonchev–Trinajstić information content (AvgIpc) is 2.95. The van der Waals surface area contributed by atoms with Gasteiger partial charge >= 0.3 is 0 Å². The summed E-state index contributed by atoms with van der Waals surface area (Å²) in [7, 11) is 0. The van der Waals surface area contributed by atoms with E-state index in [0.717, 1.165) is 30.2 Å². The second-order valence-electron chi connectivity index (χ2n) is 5.53. The van der Waals surface area contributed by atoms with Gasteiger partial charge in [-0.15, -0.1) is 0 Å². The maximum Gasteiger partial charge on any atom is 0.156 e. The van der Waals surface area contributed by atoms with Crippen molar-refractivity contribution >= 4 is 16.9 Å². The molecule has 0 bridgehead atoms. The molecule has 1 N–H and O–H groups in total. The predicted molar refractivity (Wildman–Crippen MR) is 73.1 cm³/mol. The molecule has 2 rings (SSSR count). The monoisotopic (exact) mass is 240 g/mol. The minimum absolute atomic E-state index is 0.728. The molecule has 1 aliphatic carbocycles. The van der Waals surface area contributed by atoms with Crippen molar-refractivity contribution in [1.29, 1.82) is 0 Å². The topological polar surface area (TPSA) is 24.4 Å². The van der Waals surface area contributed by atoms with Gasteiger partial charge in [-0.2, -0.15) is 0 Å². The van der Waals surface area contributed by atoms with Crippen LogP contribution in [0, 0.1) is 11.8 Å².